The van der Waals surface area contributed by atoms with Gasteiger partial charge < -0.3 is 14.9 Å². The zero-order valence-electron chi connectivity index (χ0n) is 6.15. The number of carboxylic acid groups (broad SMARTS) is 1. The maximum absolute atomic E-state index is 10.4. The van der Waals surface area contributed by atoms with Crippen LogP contribution in [0.4, 0.5) is 0 Å². The Morgan fingerprint density at radius 3 is 2.64 bits per heavy atom. The van der Waals surface area contributed by atoms with Crippen molar-refractivity contribution in [2.24, 2.45) is 0 Å². The Balaban J connectivity index is 2.55. The molecule has 2 unspecified atom stereocenters. The predicted molar refractivity (Wildman–Crippen MR) is 36.2 cm³/mol. The van der Waals surface area contributed by atoms with Crippen molar-refractivity contribution in [3.63, 3.8) is 0 Å². The topological polar surface area (TPSA) is 78.8 Å². The molecule has 0 amide bonds. The van der Waals surface area contributed by atoms with E-state index in [1.807, 2.05) is 0 Å². The van der Waals surface area contributed by atoms with E-state index in [4.69, 9.17) is 9.84 Å². The molecular weight excluding hydrogens is 150 g/mol. The molecule has 0 bridgehead atoms. The number of carbonyl (C=O) groups is 1. The number of methoxy groups -OCH3 is 1. The van der Waals surface area contributed by atoms with Gasteiger partial charge in [0.25, 0.3) is 0 Å². The van der Waals surface area contributed by atoms with Crippen LogP contribution in [-0.2, 0) is 9.53 Å². The first-order valence-electron chi connectivity index (χ1n) is 3.34. The summed E-state index contributed by atoms with van der Waals surface area (Å²) < 4.78 is 4.83. The van der Waals surface area contributed by atoms with E-state index in [9.17, 15) is 9.90 Å². The van der Waals surface area contributed by atoms with Gasteiger partial charge in [-0.2, -0.15) is 0 Å². The first-order valence-corrected chi connectivity index (χ1v) is 3.34. The third kappa shape index (κ3) is 1.50. The van der Waals surface area contributed by atoms with Crippen molar-refractivity contribution < 1.29 is 19.7 Å². The second kappa shape index (κ2) is 3.17. The highest BCUT2D eigenvalue weighted by Gasteiger charge is 2.38. The molecule has 1 heterocycles. The van der Waals surface area contributed by atoms with Crippen molar-refractivity contribution in [1.29, 1.82) is 0 Å². The van der Waals surface area contributed by atoms with Crippen LogP contribution in [-0.4, -0.2) is 48.1 Å². The number of aliphatic hydroxyl groups is 1. The van der Waals surface area contributed by atoms with Crippen LogP contribution in [0.5, 0.6) is 0 Å². The van der Waals surface area contributed by atoms with Gasteiger partial charge in [-0.05, 0) is 0 Å². The van der Waals surface area contributed by atoms with Crippen molar-refractivity contribution in [2.75, 3.05) is 13.7 Å². The highest BCUT2D eigenvalue weighted by molar-refractivity contribution is 5.74. The van der Waals surface area contributed by atoms with Crippen LogP contribution < -0.4 is 5.32 Å². The van der Waals surface area contributed by atoms with Crippen LogP contribution in [0.15, 0.2) is 0 Å². The van der Waals surface area contributed by atoms with Crippen LogP contribution in [0, 0.1) is 0 Å². The molecule has 0 radical (unpaired) electrons. The monoisotopic (exact) mass is 161 g/mol. The fourth-order valence-electron chi connectivity index (χ4n) is 1.16. The molecular formula is C6H11NO4. The summed E-state index contributed by atoms with van der Waals surface area (Å²) >= 11 is 0. The minimum absolute atomic E-state index is 0.384. The second-order valence-electron chi connectivity index (χ2n) is 2.49. The number of hydrogen-bond donors (Lipinski definition) is 3. The number of carboxylic acids is 1. The third-order valence-corrected chi connectivity index (χ3v) is 1.83. The summed E-state index contributed by atoms with van der Waals surface area (Å²) in [5.74, 6) is -1.04. The Morgan fingerprint density at radius 2 is 2.36 bits per heavy atom. The predicted octanol–water partition coefficient (Wildman–Crippen LogP) is -1.58. The molecule has 0 saturated carbocycles. The molecule has 3 N–H and O–H groups in total. The summed E-state index contributed by atoms with van der Waals surface area (Å²) in [6.07, 6.45) is -1.35. The van der Waals surface area contributed by atoms with Gasteiger partial charge in [0.15, 0.2) is 0 Å². The highest BCUT2D eigenvalue weighted by atomic mass is 16.5. The smallest absolute Gasteiger partial charge is 0.323 e. The molecule has 0 aromatic rings. The molecule has 0 aromatic carbocycles. The SMILES string of the molecule is COC1CN[C@H](C(=O)O)C1O. The zero-order chi connectivity index (χ0) is 8.43. The summed E-state index contributed by atoms with van der Waals surface area (Å²) in [5.41, 5.74) is 0. The van der Waals surface area contributed by atoms with E-state index in [0.717, 1.165) is 0 Å². The molecule has 3 atom stereocenters. The highest BCUT2D eigenvalue weighted by Crippen LogP contribution is 2.10. The van der Waals surface area contributed by atoms with Crippen LogP contribution in [0.1, 0.15) is 0 Å². The number of nitrogens with one attached hydrogen (secondary N) is 1. The first kappa shape index (κ1) is 8.45. The largest absolute Gasteiger partial charge is 0.480 e. The minimum Gasteiger partial charge on any atom is -0.480 e. The standard InChI is InChI=1S/C6H11NO4/c1-11-3-2-7-4(5(3)8)6(9)10/h3-5,7-8H,2H2,1H3,(H,9,10)/t3?,4-,5?/m0/s1. The van der Waals surface area contributed by atoms with E-state index < -0.39 is 24.2 Å². The van der Waals surface area contributed by atoms with Gasteiger partial charge in [0.1, 0.15) is 12.1 Å². The average Bonchev–Trinajstić information content (AvgIpc) is 2.30. The molecule has 1 aliphatic rings. The van der Waals surface area contributed by atoms with Crippen molar-refractivity contribution in [3.05, 3.63) is 0 Å². The van der Waals surface area contributed by atoms with Gasteiger partial charge in [-0.1, -0.05) is 0 Å². The molecule has 64 valence electrons. The van der Waals surface area contributed by atoms with Crippen molar-refractivity contribution >= 4 is 5.97 Å². The van der Waals surface area contributed by atoms with Crippen LogP contribution in [0.3, 0.4) is 0 Å². The summed E-state index contributed by atoms with van der Waals surface area (Å²) in [6, 6.07) is -0.889. The van der Waals surface area contributed by atoms with E-state index in [-0.39, 0.29) is 0 Å². The maximum Gasteiger partial charge on any atom is 0.323 e. The molecule has 5 nitrogen and oxygen atoms in total. The van der Waals surface area contributed by atoms with Gasteiger partial charge in [0.05, 0.1) is 6.10 Å². The molecule has 0 spiro atoms. The fourth-order valence-corrected chi connectivity index (χ4v) is 1.16. The van der Waals surface area contributed by atoms with E-state index in [1.54, 1.807) is 0 Å². The number of aliphatic carboxylic acids is 1. The fraction of sp³-hybridized carbons (Fsp3) is 0.833. The zero-order valence-corrected chi connectivity index (χ0v) is 6.15. The molecule has 1 rings (SSSR count). The van der Waals surface area contributed by atoms with E-state index >= 15 is 0 Å². The quantitative estimate of drug-likeness (QED) is 0.455. The molecule has 11 heavy (non-hydrogen) atoms. The summed E-state index contributed by atoms with van der Waals surface area (Å²) in [4.78, 5) is 10.4. The minimum atomic E-state index is -1.04. The Labute approximate surface area is 64.0 Å². The van der Waals surface area contributed by atoms with Gasteiger partial charge in [0.2, 0.25) is 0 Å². The molecule has 0 aromatic heterocycles. The molecule has 5 heteroatoms. The van der Waals surface area contributed by atoms with Gasteiger partial charge >= 0.3 is 5.97 Å². The van der Waals surface area contributed by atoms with Gasteiger partial charge in [-0.3, -0.25) is 10.1 Å². The molecule has 0 aliphatic carbocycles. The van der Waals surface area contributed by atoms with E-state index in [2.05, 4.69) is 5.32 Å². The maximum atomic E-state index is 10.4. The Kier molecular flexibility index (Phi) is 2.43. The van der Waals surface area contributed by atoms with Gasteiger partial charge in [-0.25, -0.2) is 0 Å². The summed E-state index contributed by atoms with van der Waals surface area (Å²) in [6.45, 7) is 0.384. The van der Waals surface area contributed by atoms with Crippen molar-refractivity contribution in [3.8, 4) is 0 Å². The lowest BCUT2D eigenvalue weighted by Gasteiger charge is -2.13. The second-order valence-corrected chi connectivity index (χ2v) is 2.49. The Morgan fingerprint density at radius 1 is 1.73 bits per heavy atom. The first-order chi connectivity index (χ1) is 5.16. The number of ether oxygens (including phenoxy) is 1. The van der Waals surface area contributed by atoms with Crippen molar-refractivity contribution in [2.45, 2.75) is 18.2 Å². The molecule has 1 aliphatic heterocycles. The van der Waals surface area contributed by atoms with Crippen molar-refractivity contribution in [1.82, 2.24) is 5.32 Å². The van der Waals surface area contributed by atoms with Gasteiger partial charge in [0, 0.05) is 13.7 Å². The summed E-state index contributed by atoms with van der Waals surface area (Å²) in [7, 11) is 1.44. The average molecular weight is 161 g/mol. The number of hydrogen-bond acceptors (Lipinski definition) is 4. The van der Waals surface area contributed by atoms with E-state index in [0.29, 0.717) is 6.54 Å². The van der Waals surface area contributed by atoms with Crippen LogP contribution in [0.25, 0.3) is 0 Å². The van der Waals surface area contributed by atoms with Crippen LogP contribution in [0.2, 0.25) is 0 Å². The molecule has 1 saturated heterocycles. The van der Waals surface area contributed by atoms with Crippen LogP contribution >= 0.6 is 0 Å². The summed E-state index contributed by atoms with van der Waals surface area (Å²) in [5, 5.41) is 20.4. The van der Waals surface area contributed by atoms with E-state index in [1.165, 1.54) is 7.11 Å². The lowest BCUT2D eigenvalue weighted by Crippen LogP contribution is -2.40. The number of aliphatic hydroxyl groups excluding tert-OH is 1. The van der Waals surface area contributed by atoms with Gasteiger partial charge in [-0.15, -0.1) is 0 Å². The normalized spacial score (nSPS) is 37.5. The third-order valence-electron chi connectivity index (χ3n) is 1.83. The Hall–Kier alpha value is -0.650. The lowest BCUT2D eigenvalue weighted by atomic mass is 10.1. The number of rotatable bonds is 2. The Bertz CT molecular complexity index is 161. The lowest BCUT2D eigenvalue weighted by molar-refractivity contribution is -0.142. The molecule has 1 fully saturated rings.